The van der Waals surface area contributed by atoms with Crippen molar-refractivity contribution in [3.05, 3.63) is 83.9 Å². The largest absolute Gasteiger partial charge is 0.508 e. The maximum atomic E-state index is 11.3. The third-order valence-electron chi connectivity index (χ3n) is 4.02. The molecule has 0 radical (unpaired) electrons. The van der Waals surface area contributed by atoms with Gasteiger partial charge < -0.3 is 10.4 Å². The van der Waals surface area contributed by atoms with Crippen LogP contribution in [0.1, 0.15) is 23.9 Å². The van der Waals surface area contributed by atoms with Gasteiger partial charge in [0.25, 0.3) is 0 Å². The van der Waals surface area contributed by atoms with Crippen LogP contribution in [0.25, 0.3) is 0 Å². The zero-order chi connectivity index (χ0) is 19.1. The average molecular weight is 362 g/mol. The lowest BCUT2D eigenvalue weighted by molar-refractivity contribution is -0.114. The number of nitrogens with zero attached hydrogens (tertiary/aromatic N) is 3. The van der Waals surface area contributed by atoms with Crippen LogP contribution in [0, 0.1) is 0 Å². The van der Waals surface area contributed by atoms with E-state index >= 15 is 0 Å². The molecule has 0 unspecified atom stereocenters. The van der Waals surface area contributed by atoms with Gasteiger partial charge in [0.15, 0.2) is 0 Å². The Morgan fingerprint density at radius 1 is 0.963 bits per heavy atom. The van der Waals surface area contributed by atoms with E-state index in [1.54, 1.807) is 30.6 Å². The van der Waals surface area contributed by atoms with E-state index in [4.69, 9.17) is 0 Å². The summed E-state index contributed by atoms with van der Waals surface area (Å²) >= 11 is 0. The third kappa shape index (κ3) is 5.62. The number of hydrogen-bond donors (Lipinski definition) is 2. The highest BCUT2D eigenvalue weighted by molar-refractivity contribution is 5.88. The summed E-state index contributed by atoms with van der Waals surface area (Å²) in [6, 6.07) is 16.7. The molecule has 0 saturated heterocycles. The van der Waals surface area contributed by atoms with Gasteiger partial charge in [-0.15, -0.1) is 0 Å². The van der Waals surface area contributed by atoms with E-state index in [0.717, 1.165) is 17.0 Å². The summed E-state index contributed by atoms with van der Waals surface area (Å²) in [7, 11) is 0. The predicted molar refractivity (Wildman–Crippen MR) is 104 cm³/mol. The molecular weight excluding hydrogens is 340 g/mol. The topological polar surface area (TPSA) is 78.4 Å². The molecule has 2 heterocycles. The molecule has 6 heteroatoms. The Hall–Kier alpha value is -3.25. The van der Waals surface area contributed by atoms with E-state index < -0.39 is 0 Å². The maximum absolute atomic E-state index is 11.3. The lowest BCUT2D eigenvalue weighted by atomic mass is 10.1. The number of hydrogen-bond acceptors (Lipinski definition) is 5. The first-order valence-corrected chi connectivity index (χ1v) is 8.72. The van der Waals surface area contributed by atoms with Crippen molar-refractivity contribution >= 4 is 11.6 Å². The Morgan fingerprint density at radius 3 is 2.11 bits per heavy atom. The first-order valence-electron chi connectivity index (χ1n) is 8.72. The monoisotopic (exact) mass is 362 g/mol. The van der Waals surface area contributed by atoms with Crippen LogP contribution in [-0.2, 0) is 24.4 Å². The number of nitrogens with one attached hydrogen (secondary N) is 1. The fraction of sp³-hybridized carbons (Fsp3) is 0.190. The van der Waals surface area contributed by atoms with Crippen LogP contribution in [0.4, 0.5) is 5.69 Å². The first kappa shape index (κ1) is 18.5. The molecule has 0 bridgehead atoms. The molecule has 0 aliphatic carbocycles. The van der Waals surface area contributed by atoms with Crippen LogP contribution >= 0.6 is 0 Å². The second-order valence-electron chi connectivity index (χ2n) is 6.31. The number of aromatic hydroxyl groups is 1. The Morgan fingerprint density at radius 2 is 1.59 bits per heavy atom. The van der Waals surface area contributed by atoms with Gasteiger partial charge in [-0.3, -0.25) is 19.7 Å². The number of aromatic nitrogens is 2. The second-order valence-corrected chi connectivity index (χ2v) is 6.31. The van der Waals surface area contributed by atoms with E-state index in [-0.39, 0.29) is 11.7 Å². The SMILES string of the molecule is CC(=O)Nc1ccc(O)c(CN(Cc2ccccn2)Cc2ccccn2)c1. The zero-order valence-electron chi connectivity index (χ0n) is 15.2. The van der Waals surface area contributed by atoms with E-state index in [1.807, 2.05) is 36.4 Å². The fourth-order valence-electron chi connectivity index (χ4n) is 2.84. The molecule has 0 fully saturated rings. The number of anilines is 1. The normalized spacial score (nSPS) is 10.7. The Kier molecular flexibility index (Phi) is 6.12. The van der Waals surface area contributed by atoms with Crippen molar-refractivity contribution in [3.8, 4) is 5.75 Å². The van der Waals surface area contributed by atoms with Crippen molar-refractivity contribution in [1.82, 2.24) is 14.9 Å². The summed E-state index contributed by atoms with van der Waals surface area (Å²) in [5.74, 6) is 0.0432. The minimum Gasteiger partial charge on any atom is -0.508 e. The summed E-state index contributed by atoms with van der Waals surface area (Å²) < 4.78 is 0. The Bertz CT molecular complexity index is 844. The van der Waals surface area contributed by atoms with Crippen molar-refractivity contribution in [2.75, 3.05) is 5.32 Å². The van der Waals surface area contributed by atoms with Gasteiger partial charge in [-0.1, -0.05) is 12.1 Å². The van der Waals surface area contributed by atoms with Gasteiger partial charge in [-0.05, 0) is 42.5 Å². The standard InChI is InChI=1S/C21H22N4O2/c1-16(26)24-18-8-9-21(27)17(12-18)13-25(14-19-6-2-4-10-22-19)15-20-7-3-5-11-23-20/h2-12,27H,13-15H2,1H3,(H,24,26). The van der Waals surface area contributed by atoms with E-state index in [0.29, 0.717) is 25.3 Å². The molecular formula is C21H22N4O2. The first-order chi connectivity index (χ1) is 13.1. The number of pyridine rings is 2. The average Bonchev–Trinajstić information content (AvgIpc) is 2.66. The summed E-state index contributed by atoms with van der Waals surface area (Å²) in [5, 5.41) is 13.0. The molecule has 2 aromatic heterocycles. The zero-order valence-corrected chi connectivity index (χ0v) is 15.2. The highest BCUT2D eigenvalue weighted by atomic mass is 16.3. The molecule has 3 aromatic rings. The fourth-order valence-corrected chi connectivity index (χ4v) is 2.84. The van der Waals surface area contributed by atoms with Crippen molar-refractivity contribution in [2.45, 2.75) is 26.6 Å². The second kappa shape index (κ2) is 8.91. The van der Waals surface area contributed by atoms with Crippen molar-refractivity contribution in [3.63, 3.8) is 0 Å². The van der Waals surface area contributed by atoms with Gasteiger partial charge in [0.1, 0.15) is 5.75 Å². The van der Waals surface area contributed by atoms with Crippen LogP contribution in [0.3, 0.4) is 0 Å². The summed E-state index contributed by atoms with van der Waals surface area (Å²) in [5.41, 5.74) is 3.26. The summed E-state index contributed by atoms with van der Waals surface area (Å²) in [6.07, 6.45) is 3.53. The lowest BCUT2D eigenvalue weighted by Gasteiger charge is -2.22. The molecule has 0 saturated carbocycles. The predicted octanol–water partition coefficient (Wildman–Crippen LogP) is 3.34. The molecule has 0 spiro atoms. The van der Waals surface area contributed by atoms with Crippen molar-refractivity contribution in [1.29, 1.82) is 0 Å². The summed E-state index contributed by atoms with van der Waals surface area (Å²) in [6.45, 7) is 3.18. The van der Waals surface area contributed by atoms with Gasteiger partial charge in [0, 0.05) is 50.2 Å². The number of phenols is 1. The van der Waals surface area contributed by atoms with Gasteiger partial charge in [-0.25, -0.2) is 0 Å². The number of benzene rings is 1. The molecule has 0 aliphatic rings. The van der Waals surface area contributed by atoms with Gasteiger partial charge in [0.2, 0.25) is 5.91 Å². The molecule has 3 rings (SSSR count). The van der Waals surface area contributed by atoms with Gasteiger partial charge >= 0.3 is 0 Å². The highest BCUT2D eigenvalue weighted by Crippen LogP contribution is 2.24. The maximum Gasteiger partial charge on any atom is 0.221 e. The number of amides is 1. The van der Waals surface area contributed by atoms with Crippen LogP contribution in [0.15, 0.2) is 67.0 Å². The quantitative estimate of drug-likeness (QED) is 0.630. The van der Waals surface area contributed by atoms with Crippen LogP contribution in [0.2, 0.25) is 0 Å². The Labute approximate surface area is 158 Å². The van der Waals surface area contributed by atoms with Crippen LogP contribution < -0.4 is 5.32 Å². The molecule has 2 N–H and O–H groups in total. The molecule has 0 aliphatic heterocycles. The van der Waals surface area contributed by atoms with Gasteiger partial charge in [-0.2, -0.15) is 0 Å². The van der Waals surface area contributed by atoms with E-state index in [9.17, 15) is 9.90 Å². The molecule has 6 nitrogen and oxygen atoms in total. The van der Waals surface area contributed by atoms with Crippen LogP contribution in [0.5, 0.6) is 5.75 Å². The highest BCUT2D eigenvalue weighted by Gasteiger charge is 2.13. The van der Waals surface area contributed by atoms with Crippen LogP contribution in [-0.4, -0.2) is 25.9 Å². The number of carbonyl (C=O) groups is 1. The number of rotatable bonds is 7. The number of phenolic OH excluding ortho intramolecular Hbond substituents is 1. The molecule has 27 heavy (non-hydrogen) atoms. The minimum absolute atomic E-state index is 0.148. The Balaban J connectivity index is 1.83. The number of carbonyl (C=O) groups excluding carboxylic acids is 1. The molecule has 1 aromatic carbocycles. The van der Waals surface area contributed by atoms with Crippen molar-refractivity contribution < 1.29 is 9.90 Å². The van der Waals surface area contributed by atoms with E-state index in [1.165, 1.54) is 6.92 Å². The summed E-state index contributed by atoms with van der Waals surface area (Å²) in [4.78, 5) is 22.3. The molecule has 1 amide bonds. The van der Waals surface area contributed by atoms with E-state index in [2.05, 4.69) is 20.2 Å². The molecule has 138 valence electrons. The third-order valence-corrected chi connectivity index (χ3v) is 4.02. The minimum atomic E-state index is -0.148. The molecule has 0 atom stereocenters. The lowest BCUT2D eigenvalue weighted by Crippen LogP contribution is -2.23. The van der Waals surface area contributed by atoms with Gasteiger partial charge in [0.05, 0.1) is 11.4 Å². The van der Waals surface area contributed by atoms with Crippen molar-refractivity contribution in [2.24, 2.45) is 0 Å². The smallest absolute Gasteiger partial charge is 0.221 e.